The molecule has 204 valence electrons. The first-order chi connectivity index (χ1) is 18.4. The fraction of sp³-hybridized carbons (Fsp3) is 0.345. The van der Waals surface area contributed by atoms with E-state index in [9.17, 15) is 18.0 Å². The van der Waals surface area contributed by atoms with Gasteiger partial charge in [0.2, 0.25) is 0 Å². The number of benzene rings is 2. The number of ether oxygens (including phenoxy) is 1. The smallest absolute Gasteiger partial charge is 0.417 e. The zero-order valence-electron chi connectivity index (χ0n) is 22.0. The van der Waals surface area contributed by atoms with Gasteiger partial charge in [-0.25, -0.2) is 9.78 Å². The van der Waals surface area contributed by atoms with E-state index in [1.54, 1.807) is 23.5 Å². The number of imidazole rings is 1. The first kappa shape index (κ1) is 27.8. The van der Waals surface area contributed by atoms with Crippen molar-refractivity contribution in [2.45, 2.75) is 58.0 Å². The minimum Gasteiger partial charge on any atom is -0.443 e. The summed E-state index contributed by atoms with van der Waals surface area (Å²) in [5, 5.41) is 12.2. The Balaban J connectivity index is 1.44. The predicted molar refractivity (Wildman–Crippen MR) is 143 cm³/mol. The Morgan fingerprint density at radius 2 is 1.95 bits per heavy atom. The molecule has 2 aromatic carbocycles. The van der Waals surface area contributed by atoms with E-state index in [4.69, 9.17) is 10.00 Å². The van der Waals surface area contributed by atoms with E-state index in [0.29, 0.717) is 31.6 Å². The molecule has 0 radical (unpaired) electrons. The van der Waals surface area contributed by atoms with Crippen LogP contribution in [0.2, 0.25) is 0 Å². The van der Waals surface area contributed by atoms with E-state index in [0.717, 1.165) is 23.0 Å². The molecule has 4 rings (SSSR count). The number of hydrogen-bond donors (Lipinski definition) is 1. The molecule has 7 nitrogen and oxygen atoms in total. The van der Waals surface area contributed by atoms with Gasteiger partial charge < -0.3 is 14.6 Å². The zero-order chi connectivity index (χ0) is 28.2. The van der Waals surface area contributed by atoms with E-state index < -0.39 is 29.0 Å². The van der Waals surface area contributed by atoms with Gasteiger partial charge >= 0.3 is 12.3 Å². The number of amides is 1. The van der Waals surface area contributed by atoms with E-state index in [1.165, 1.54) is 12.1 Å². The molecule has 1 atom stereocenters. The number of carbonyl (C=O) groups excluding carboxylic acids is 1. The summed E-state index contributed by atoms with van der Waals surface area (Å²) in [4.78, 5) is 18.9. The van der Waals surface area contributed by atoms with Gasteiger partial charge in [0.15, 0.2) is 0 Å². The SMILES string of the molecule is CC(C)(C)OC(=O)N(CCn1cncc1C1=CCC(Nc2ccc(C#N)c(C(F)(F)F)c2)C1)c1ccccc1. The van der Waals surface area contributed by atoms with Crippen LogP contribution in [0.4, 0.5) is 29.3 Å². The third-order valence-corrected chi connectivity index (χ3v) is 6.22. The Kier molecular flexibility index (Phi) is 8.00. The molecule has 0 saturated carbocycles. The van der Waals surface area contributed by atoms with Gasteiger partial charge in [0.25, 0.3) is 0 Å². The van der Waals surface area contributed by atoms with Crippen LogP contribution in [-0.4, -0.2) is 33.8 Å². The van der Waals surface area contributed by atoms with Crippen molar-refractivity contribution in [2.75, 3.05) is 16.8 Å². The Labute approximate surface area is 225 Å². The fourth-order valence-electron chi connectivity index (χ4n) is 4.46. The summed E-state index contributed by atoms with van der Waals surface area (Å²) in [5.74, 6) is 0. The number of alkyl halides is 3. The summed E-state index contributed by atoms with van der Waals surface area (Å²) in [6.07, 6.45) is 1.64. The summed E-state index contributed by atoms with van der Waals surface area (Å²) >= 11 is 0. The molecule has 0 spiro atoms. The number of aromatic nitrogens is 2. The van der Waals surface area contributed by atoms with Gasteiger partial charge in [-0.1, -0.05) is 24.3 Å². The Hall–Kier alpha value is -4.26. The van der Waals surface area contributed by atoms with E-state index in [1.807, 2.05) is 61.7 Å². The summed E-state index contributed by atoms with van der Waals surface area (Å²) < 4.78 is 47.7. The molecule has 1 aromatic heterocycles. The van der Waals surface area contributed by atoms with Crippen molar-refractivity contribution in [1.82, 2.24) is 9.55 Å². The number of hydrogen-bond acceptors (Lipinski definition) is 5. The van der Waals surface area contributed by atoms with Gasteiger partial charge in [-0.15, -0.1) is 0 Å². The normalized spacial score (nSPS) is 15.4. The number of nitriles is 1. The van der Waals surface area contributed by atoms with Crippen LogP contribution >= 0.6 is 0 Å². The van der Waals surface area contributed by atoms with Gasteiger partial charge in [0.1, 0.15) is 5.60 Å². The molecule has 1 aliphatic rings. The number of rotatable bonds is 7. The van der Waals surface area contributed by atoms with Crippen LogP contribution in [0.1, 0.15) is 50.4 Å². The van der Waals surface area contributed by atoms with Gasteiger partial charge in [-0.05, 0) is 69.5 Å². The Morgan fingerprint density at radius 1 is 1.21 bits per heavy atom. The Bertz CT molecular complexity index is 1380. The van der Waals surface area contributed by atoms with Crippen LogP contribution < -0.4 is 10.2 Å². The van der Waals surface area contributed by atoms with Crippen LogP contribution in [0.25, 0.3) is 5.57 Å². The summed E-state index contributed by atoms with van der Waals surface area (Å²) in [6, 6.07) is 14.4. The molecule has 1 amide bonds. The number of nitrogens with zero attached hydrogens (tertiary/aromatic N) is 4. The van der Waals surface area contributed by atoms with Crippen LogP contribution in [0.3, 0.4) is 0 Å². The maximum Gasteiger partial charge on any atom is 0.417 e. The number of halogens is 3. The molecule has 1 heterocycles. The molecule has 39 heavy (non-hydrogen) atoms. The summed E-state index contributed by atoms with van der Waals surface area (Å²) in [5.41, 5.74) is 0.927. The third-order valence-electron chi connectivity index (χ3n) is 6.22. The van der Waals surface area contributed by atoms with Crippen molar-refractivity contribution in [3.63, 3.8) is 0 Å². The highest BCUT2D eigenvalue weighted by atomic mass is 19.4. The second-order valence-corrected chi connectivity index (χ2v) is 10.3. The lowest BCUT2D eigenvalue weighted by Crippen LogP contribution is -2.38. The number of nitrogens with one attached hydrogen (secondary N) is 1. The first-order valence-electron chi connectivity index (χ1n) is 12.6. The van der Waals surface area contributed by atoms with Gasteiger partial charge in [-0.2, -0.15) is 18.4 Å². The fourth-order valence-corrected chi connectivity index (χ4v) is 4.46. The molecule has 0 aliphatic heterocycles. The summed E-state index contributed by atoms with van der Waals surface area (Å²) in [6.45, 7) is 6.27. The van der Waals surface area contributed by atoms with Crippen LogP contribution in [0.5, 0.6) is 0 Å². The molecule has 10 heteroatoms. The van der Waals surface area contributed by atoms with Crippen LogP contribution in [0, 0.1) is 11.3 Å². The highest BCUT2D eigenvalue weighted by Crippen LogP contribution is 2.35. The van der Waals surface area contributed by atoms with Crippen molar-refractivity contribution in [3.05, 3.63) is 84.0 Å². The molecular formula is C29H30F3N5O2. The highest BCUT2D eigenvalue weighted by Gasteiger charge is 2.34. The third kappa shape index (κ3) is 6.99. The minimum atomic E-state index is -4.61. The second kappa shape index (κ2) is 11.2. The van der Waals surface area contributed by atoms with Crippen LogP contribution in [-0.2, 0) is 17.5 Å². The molecule has 0 bridgehead atoms. The lowest BCUT2D eigenvalue weighted by atomic mass is 10.1. The maximum absolute atomic E-state index is 13.4. The number of anilines is 2. The average Bonchev–Trinajstić information content (AvgIpc) is 3.52. The molecule has 0 saturated heterocycles. The second-order valence-electron chi connectivity index (χ2n) is 10.3. The Morgan fingerprint density at radius 3 is 2.62 bits per heavy atom. The molecule has 1 unspecified atom stereocenters. The molecule has 3 aromatic rings. The number of carbonyl (C=O) groups is 1. The van der Waals surface area contributed by atoms with Gasteiger partial charge in [0.05, 0.1) is 35.4 Å². The molecule has 1 N–H and O–H groups in total. The van der Waals surface area contributed by atoms with Crippen molar-refractivity contribution >= 4 is 23.0 Å². The van der Waals surface area contributed by atoms with E-state index >= 15 is 0 Å². The molecule has 1 aliphatic carbocycles. The largest absolute Gasteiger partial charge is 0.443 e. The van der Waals surface area contributed by atoms with Crippen molar-refractivity contribution in [3.8, 4) is 6.07 Å². The monoisotopic (exact) mass is 537 g/mol. The quantitative estimate of drug-likeness (QED) is 0.356. The van der Waals surface area contributed by atoms with Crippen LogP contribution in [0.15, 0.2) is 67.1 Å². The zero-order valence-corrected chi connectivity index (χ0v) is 22.0. The van der Waals surface area contributed by atoms with Crippen molar-refractivity contribution in [1.29, 1.82) is 5.26 Å². The van der Waals surface area contributed by atoms with Crippen molar-refractivity contribution in [2.24, 2.45) is 0 Å². The maximum atomic E-state index is 13.4. The lowest BCUT2D eigenvalue weighted by Gasteiger charge is -2.28. The topological polar surface area (TPSA) is 83.2 Å². The standard InChI is InChI=1S/C29H30F3N5O2/c1-28(2,3)39-27(38)37(24-7-5-4-6-8-24)14-13-36-19-34-18-26(36)20-9-11-22(15-20)35-23-12-10-21(17-33)25(16-23)29(30,31)32/h4-10,12,16,18-19,22,35H,11,13-15H2,1-3H3. The average molecular weight is 538 g/mol. The lowest BCUT2D eigenvalue weighted by molar-refractivity contribution is -0.137. The summed E-state index contributed by atoms with van der Waals surface area (Å²) in [7, 11) is 0. The first-order valence-corrected chi connectivity index (χ1v) is 12.6. The predicted octanol–water partition coefficient (Wildman–Crippen LogP) is 6.87. The highest BCUT2D eigenvalue weighted by molar-refractivity contribution is 5.87. The number of para-hydroxylation sites is 1. The van der Waals surface area contributed by atoms with Gasteiger partial charge in [0, 0.05) is 30.5 Å². The van der Waals surface area contributed by atoms with Gasteiger partial charge in [-0.3, -0.25) is 4.90 Å². The van der Waals surface area contributed by atoms with Crippen molar-refractivity contribution < 1.29 is 22.7 Å². The molecular weight excluding hydrogens is 507 g/mol. The minimum absolute atomic E-state index is 0.111. The van der Waals surface area contributed by atoms with E-state index in [-0.39, 0.29) is 6.04 Å². The van der Waals surface area contributed by atoms with E-state index in [2.05, 4.69) is 10.3 Å². The molecule has 0 fully saturated rings.